The summed E-state index contributed by atoms with van der Waals surface area (Å²) in [6, 6.07) is 6.13. The Balaban J connectivity index is 2.40. The molecule has 2 rings (SSSR count). The van der Waals surface area contributed by atoms with Crippen molar-refractivity contribution in [1.82, 2.24) is 9.78 Å². The van der Waals surface area contributed by atoms with E-state index in [0.717, 1.165) is 5.56 Å². The third-order valence-corrected chi connectivity index (χ3v) is 2.76. The van der Waals surface area contributed by atoms with Crippen molar-refractivity contribution in [2.24, 2.45) is 0 Å². The fraction of sp³-hybridized carbons (Fsp3) is 0.250. The van der Waals surface area contributed by atoms with E-state index in [1.54, 1.807) is 23.0 Å². The van der Waals surface area contributed by atoms with Crippen LogP contribution in [0.5, 0.6) is 0 Å². The molecule has 1 aromatic carbocycles. The van der Waals surface area contributed by atoms with Crippen molar-refractivity contribution in [3.63, 3.8) is 0 Å². The van der Waals surface area contributed by atoms with Crippen LogP contribution < -0.4 is 5.73 Å². The second-order valence-electron chi connectivity index (χ2n) is 4.33. The predicted molar refractivity (Wildman–Crippen MR) is 68.7 cm³/mol. The van der Waals surface area contributed by atoms with Crippen LogP contribution in [0.4, 0.5) is 11.5 Å². The van der Waals surface area contributed by atoms with Crippen molar-refractivity contribution in [3.8, 4) is 5.69 Å². The standard InChI is InChI=1S/C12H14N4O2/c1-8(2)11-7-14-15(12(11)13)9-3-5-10(6-4-9)16(17)18/h3-8H,13H2,1-2H3. The lowest BCUT2D eigenvalue weighted by atomic mass is 10.1. The first kappa shape index (κ1) is 12.1. The van der Waals surface area contributed by atoms with Crippen LogP contribution in [0, 0.1) is 10.1 Å². The monoisotopic (exact) mass is 246 g/mol. The molecule has 0 saturated heterocycles. The summed E-state index contributed by atoms with van der Waals surface area (Å²) in [6.07, 6.45) is 1.72. The lowest BCUT2D eigenvalue weighted by molar-refractivity contribution is -0.384. The van der Waals surface area contributed by atoms with E-state index in [0.29, 0.717) is 11.5 Å². The molecule has 0 unspecified atom stereocenters. The minimum atomic E-state index is -0.435. The van der Waals surface area contributed by atoms with Gasteiger partial charge in [0.25, 0.3) is 5.69 Å². The van der Waals surface area contributed by atoms with Gasteiger partial charge in [-0.25, -0.2) is 4.68 Å². The SMILES string of the molecule is CC(C)c1cnn(-c2ccc([N+](=O)[O-])cc2)c1N. The normalized spacial score (nSPS) is 10.8. The van der Waals surface area contributed by atoms with E-state index in [1.807, 2.05) is 13.8 Å². The van der Waals surface area contributed by atoms with Crippen LogP contribution in [0.15, 0.2) is 30.5 Å². The van der Waals surface area contributed by atoms with E-state index >= 15 is 0 Å². The molecule has 0 aliphatic carbocycles. The first-order chi connectivity index (χ1) is 8.50. The minimum Gasteiger partial charge on any atom is -0.383 e. The molecule has 0 bridgehead atoms. The summed E-state index contributed by atoms with van der Waals surface area (Å²) < 4.78 is 1.58. The third-order valence-electron chi connectivity index (χ3n) is 2.76. The maximum Gasteiger partial charge on any atom is 0.269 e. The Morgan fingerprint density at radius 1 is 1.33 bits per heavy atom. The molecule has 6 nitrogen and oxygen atoms in total. The molecule has 0 amide bonds. The highest BCUT2D eigenvalue weighted by Crippen LogP contribution is 2.24. The molecule has 2 N–H and O–H groups in total. The van der Waals surface area contributed by atoms with E-state index in [1.165, 1.54) is 12.1 Å². The Morgan fingerprint density at radius 2 is 1.94 bits per heavy atom. The number of rotatable bonds is 3. The Bertz CT molecular complexity index is 572. The van der Waals surface area contributed by atoms with Crippen molar-refractivity contribution < 1.29 is 4.92 Å². The number of hydrogen-bond acceptors (Lipinski definition) is 4. The maximum absolute atomic E-state index is 10.6. The Hall–Kier alpha value is -2.37. The number of hydrogen-bond donors (Lipinski definition) is 1. The molecule has 0 saturated carbocycles. The average molecular weight is 246 g/mol. The maximum atomic E-state index is 10.6. The number of aromatic nitrogens is 2. The van der Waals surface area contributed by atoms with Crippen molar-refractivity contribution >= 4 is 11.5 Å². The van der Waals surface area contributed by atoms with Gasteiger partial charge < -0.3 is 5.73 Å². The molecule has 0 aliphatic rings. The van der Waals surface area contributed by atoms with Gasteiger partial charge in [0.05, 0.1) is 16.8 Å². The number of non-ortho nitro benzene ring substituents is 1. The van der Waals surface area contributed by atoms with Gasteiger partial charge in [-0.3, -0.25) is 10.1 Å². The summed E-state index contributed by atoms with van der Waals surface area (Å²) >= 11 is 0. The second-order valence-corrected chi connectivity index (χ2v) is 4.33. The molecule has 94 valence electrons. The summed E-state index contributed by atoms with van der Waals surface area (Å²) in [4.78, 5) is 10.1. The number of nitro groups is 1. The van der Waals surface area contributed by atoms with Gasteiger partial charge >= 0.3 is 0 Å². The zero-order chi connectivity index (χ0) is 13.3. The number of anilines is 1. The summed E-state index contributed by atoms with van der Waals surface area (Å²) in [5, 5.41) is 14.8. The third kappa shape index (κ3) is 2.04. The lowest BCUT2D eigenvalue weighted by Gasteiger charge is -2.06. The van der Waals surface area contributed by atoms with Gasteiger partial charge in [-0.2, -0.15) is 5.10 Å². The van der Waals surface area contributed by atoms with Crippen molar-refractivity contribution in [3.05, 3.63) is 46.1 Å². The molecule has 0 radical (unpaired) electrons. The largest absolute Gasteiger partial charge is 0.383 e. The molecule has 0 aliphatic heterocycles. The fourth-order valence-electron chi connectivity index (χ4n) is 1.74. The van der Waals surface area contributed by atoms with Crippen LogP contribution in [0.3, 0.4) is 0 Å². The topological polar surface area (TPSA) is 87.0 Å². The minimum absolute atomic E-state index is 0.0496. The lowest BCUT2D eigenvalue weighted by Crippen LogP contribution is -2.03. The number of benzene rings is 1. The van der Waals surface area contributed by atoms with Crippen LogP contribution in [0.2, 0.25) is 0 Å². The van der Waals surface area contributed by atoms with Crippen molar-refractivity contribution in [2.45, 2.75) is 19.8 Å². The van der Waals surface area contributed by atoms with Gasteiger partial charge in [0.15, 0.2) is 0 Å². The first-order valence-electron chi connectivity index (χ1n) is 5.59. The molecule has 0 atom stereocenters. The van der Waals surface area contributed by atoms with E-state index in [2.05, 4.69) is 5.10 Å². The molecular formula is C12H14N4O2. The Labute approximate surface area is 104 Å². The Morgan fingerprint density at radius 3 is 2.39 bits per heavy atom. The molecule has 0 fully saturated rings. The highest BCUT2D eigenvalue weighted by Gasteiger charge is 2.12. The summed E-state index contributed by atoms with van der Waals surface area (Å²) in [7, 11) is 0. The van der Waals surface area contributed by atoms with Gasteiger partial charge in [0.2, 0.25) is 0 Å². The molecule has 6 heteroatoms. The molecule has 1 heterocycles. The number of nitrogen functional groups attached to an aromatic ring is 1. The highest BCUT2D eigenvalue weighted by atomic mass is 16.6. The van der Waals surface area contributed by atoms with Gasteiger partial charge in [0.1, 0.15) is 5.82 Å². The zero-order valence-corrected chi connectivity index (χ0v) is 10.2. The van der Waals surface area contributed by atoms with Crippen molar-refractivity contribution in [2.75, 3.05) is 5.73 Å². The average Bonchev–Trinajstić information content (AvgIpc) is 2.71. The summed E-state index contributed by atoms with van der Waals surface area (Å²) in [5.74, 6) is 0.857. The molecule has 1 aromatic heterocycles. The van der Waals surface area contributed by atoms with Crippen LogP contribution in [-0.4, -0.2) is 14.7 Å². The number of nitro benzene ring substituents is 1. The van der Waals surface area contributed by atoms with Gasteiger partial charge in [-0.05, 0) is 18.1 Å². The van der Waals surface area contributed by atoms with Crippen LogP contribution in [-0.2, 0) is 0 Å². The van der Waals surface area contributed by atoms with E-state index in [4.69, 9.17) is 5.73 Å². The first-order valence-corrected chi connectivity index (χ1v) is 5.59. The van der Waals surface area contributed by atoms with E-state index in [-0.39, 0.29) is 11.6 Å². The van der Waals surface area contributed by atoms with E-state index in [9.17, 15) is 10.1 Å². The molecule has 2 aromatic rings. The zero-order valence-electron chi connectivity index (χ0n) is 10.2. The molecule has 0 spiro atoms. The van der Waals surface area contributed by atoms with Gasteiger partial charge in [-0.15, -0.1) is 0 Å². The van der Waals surface area contributed by atoms with Gasteiger partial charge in [-0.1, -0.05) is 13.8 Å². The smallest absolute Gasteiger partial charge is 0.269 e. The van der Waals surface area contributed by atoms with Crippen LogP contribution >= 0.6 is 0 Å². The Kier molecular flexibility index (Phi) is 3.01. The molecule has 18 heavy (non-hydrogen) atoms. The number of nitrogens with zero attached hydrogens (tertiary/aromatic N) is 3. The van der Waals surface area contributed by atoms with Crippen molar-refractivity contribution in [1.29, 1.82) is 0 Å². The quantitative estimate of drug-likeness (QED) is 0.665. The predicted octanol–water partition coefficient (Wildman–Crippen LogP) is 2.49. The van der Waals surface area contributed by atoms with Gasteiger partial charge in [0, 0.05) is 17.7 Å². The van der Waals surface area contributed by atoms with Crippen LogP contribution in [0.25, 0.3) is 5.69 Å². The summed E-state index contributed by atoms with van der Waals surface area (Å²) in [6.45, 7) is 4.07. The second kappa shape index (κ2) is 4.48. The fourth-order valence-corrected chi connectivity index (χ4v) is 1.74. The number of nitrogens with two attached hydrogens (primary N) is 1. The van der Waals surface area contributed by atoms with E-state index < -0.39 is 4.92 Å². The van der Waals surface area contributed by atoms with Crippen LogP contribution in [0.1, 0.15) is 25.3 Å². The summed E-state index contributed by atoms with van der Waals surface area (Å²) in [5.41, 5.74) is 7.73. The molecular weight excluding hydrogens is 232 g/mol. The highest BCUT2D eigenvalue weighted by molar-refractivity contribution is 5.50.